The fraction of sp³-hybridized carbons (Fsp3) is 0.700. The quantitative estimate of drug-likeness (QED) is 0.772. The molecule has 3 heteroatoms. The molecule has 0 unspecified atom stereocenters. The molecule has 0 bridgehead atoms. The van der Waals surface area contributed by atoms with Crippen LogP contribution in [0.3, 0.4) is 0 Å². The topological polar surface area (TPSA) is 29.9 Å². The van der Waals surface area contributed by atoms with Gasteiger partial charge in [-0.15, -0.1) is 0 Å². The second-order valence-corrected chi connectivity index (χ2v) is 3.72. The Balaban J connectivity index is 2.49. The first kappa shape index (κ1) is 10.1. The Morgan fingerprint density at radius 1 is 1.54 bits per heavy atom. The maximum atomic E-state index is 4.11. The van der Waals surface area contributed by atoms with Crippen molar-refractivity contribution in [3.63, 3.8) is 0 Å². The van der Waals surface area contributed by atoms with Crippen LogP contribution in [0.5, 0.6) is 0 Å². The summed E-state index contributed by atoms with van der Waals surface area (Å²) in [6, 6.07) is 0.509. The Hall–Kier alpha value is -0.990. The molecule has 13 heavy (non-hydrogen) atoms. The normalized spacial score (nSPS) is 15.4. The highest BCUT2D eigenvalue weighted by atomic mass is 15.3. The number of anilines is 1. The zero-order valence-corrected chi connectivity index (χ0v) is 8.91. The predicted octanol–water partition coefficient (Wildman–Crippen LogP) is 2.27. The van der Waals surface area contributed by atoms with Gasteiger partial charge in [0.15, 0.2) is 0 Å². The molecular weight excluding hydrogens is 162 g/mol. The van der Waals surface area contributed by atoms with Crippen molar-refractivity contribution in [2.45, 2.75) is 33.2 Å². The van der Waals surface area contributed by atoms with Crippen molar-refractivity contribution in [2.24, 2.45) is 13.0 Å². The summed E-state index contributed by atoms with van der Waals surface area (Å²) in [5.41, 5.74) is 1.11. The van der Waals surface area contributed by atoms with Gasteiger partial charge in [0.25, 0.3) is 0 Å². The SMILES string of the molecule is CC[C@@H](C)[C@@H](C)Nc1cnn(C)c1. The number of aromatic nitrogens is 2. The molecular formula is C10H19N3. The van der Waals surface area contributed by atoms with Gasteiger partial charge in [-0.3, -0.25) is 4.68 Å². The summed E-state index contributed by atoms with van der Waals surface area (Å²) in [6.45, 7) is 6.68. The molecule has 0 saturated carbocycles. The molecule has 0 aliphatic heterocycles. The lowest BCUT2D eigenvalue weighted by Crippen LogP contribution is -2.22. The molecule has 0 aliphatic rings. The van der Waals surface area contributed by atoms with Gasteiger partial charge in [-0.1, -0.05) is 20.3 Å². The smallest absolute Gasteiger partial charge is 0.0728 e. The fourth-order valence-electron chi connectivity index (χ4n) is 1.25. The van der Waals surface area contributed by atoms with E-state index in [0.717, 1.165) is 5.69 Å². The van der Waals surface area contributed by atoms with Crippen LogP contribution < -0.4 is 5.32 Å². The van der Waals surface area contributed by atoms with E-state index in [9.17, 15) is 0 Å². The lowest BCUT2D eigenvalue weighted by atomic mass is 10.0. The van der Waals surface area contributed by atoms with Crippen LogP contribution in [0.1, 0.15) is 27.2 Å². The van der Waals surface area contributed by atoms with Gasteiger partial charge in [-0.2, -0.15) is 5.10 Å². The first-order valence-electron chi connectivity index (χ1n) is 4.88. The first-order valence-corrected chi connectivity index (χ1v) is 4.88. The van der Waals surface area contributed by atoms with Gasteiger partial charge in [-0.05, 0) is 12.8 Å². The van der Waals surface area contributed by atoms with E-state index >= 15 is 0 Å². The summed E-state index contributed by atoms with van der Waals surface area (Å²) in [6.07, 6.45) is 5.06. The number of nitrogens with zero attached hydrogens (tertiary/aromatic N) is 2. The van der Waals surface area contributed by atoms with Crippen molar-refractivity contribution in [3.8, 4) is 0 Å². The summed E-state index contributed by atoms with van der Waals surface area (Å²) in [4.78, 5) is 0. The van der Waals surface area contributed by atoms with Gasteiger partial charge in [0.05, 0.1) is 11.9 Å². The third-order valence-corrected chi connectivity index (χ3v) is 2.60. The summed E-state index contributed by atoms with van der Waals surface area (Å²) in [5, 5.41) is 7.54. The van der Waals surface area contributed by atoms with Gasteiger partial charge in [0.2, 0.25) is 0 Å². The molecule has 0 aromatic carbocycles. The molecule has 1 aromatic rings. The number of nitrogens with one attached hydrogen (secondary N) is 1. The molecule has 3 nitrogen and oxygen atoms in total. The minimum absolute atomic E-state index is 0.509. The summed E-state index contributed by atoms with van der Waals surface area (Å²) < 4.78 is 1.81. The van der Waals surface area contributed by atoms with Gasteiger partial charge in [-0.25, -0.2) is 0 Å². The minimum Gasteiger partial charge on any atom is -0.380 e. The number of rotatable bonds is 4. The van der Waals surface area contributed by atoms with Gasteiger partial charge in [0.1, 0.15) is 0 Å². The molecule has 0 spiro atoms. The second kappa shape index (κ2) is 4.30. The van der Waals surface area contributed by atoms with E-state index in [2.05, 4.69) is 31.2 Å². The Kier molecular flexibility index (Phi) is 3.34. The molecule has 0 saturated heterocycles. The number of hydrogen-bond donors (Lipinski definition) is 1. The van der Waals surface area contributed by atoms with Crippen LogP contribution in [0, 0.1) is 5.92 Å². The van der Waals surface area contributed by atoms with Crippen LogP contribution in [0.2, 0.25) is 0 Å². The van der Waals surface area contributed by atoms with Crippen LogP contribution in [0.25, 0.3) is 0 Å². The van der Waals surface area contributed by atoms with E-state index in [0.29, 0.717) is 12.0 Å². The number of hydrogen-bond acceptors (Lipinski definition) is 2. The third-order valence-electron chi connectivity index (χ3n) is 2.60. The van der Waals surface area contributed by atoms with E-state index in [1.54, 1.807) is 0 Å². The van der Waals surface area contributed by atoms with Crippen molar-refractivity contribution in [1.29, 1.82) is 0 Å². The molecule has 0 radical (unpaired) electrons. The van der Waals surface area contributed by atoms with Crippen molar-refractivity contribution >= 4 is 5.69 Å². The standard InChI is InChI=1S/C10H19N3/c1-5-8(2)9(3)12-10-6-11-13(4)7-10/h6-9,12H,5H2,1-4H3/t8-,9-/m1/s1. The second-order valence-electron chi connectivity index (χ2n) is 3.72. The average molecular weight is 181 g/mol. The van der Waals surface area contributed by atoms with Gasteiger partial charge < -0.3 is 5.32 Å². The molecule has 0 fully saturated rings. The van der Waals surface area contributed by atoms with Crippen molar-refractivity contribution in [1.82, 2.24) is 9.78 Å². The number of aryl methyl sites for hydroxylation is 1. The Morgan fingerprint density at radius 2 is 2.23 bits per heavy atom. The molecule has 74 valence electrons. The minimum atomic E-state index is 0.509. The predicted molar refractivity (Wildman–Crippen MR) is 55.7 cm³/mol. The average Bonchev–Trinajstić information content (AvgIpc) is 2.49. The van der Waals surface area contributed by atoms with E-state index in [1.807, 2.05) is 24.1 Å². The van der Waals surface area contributed by atoms with E-state index in [1.165, 1.54) is 6.42 Å². The first-order chi connectivity index (χ1) is 6.13. The Morgan fingerprint density at radius 3 is 2.69 bits per heavy atom. The van der Waals surface area contributed by atoms with Gasteiger partial charge in [0, 0.05) is 19.3 Å². The maximum Gasteiger partial charge on any atom is 0.0728 e. The van der Waals surface area contributed by atoms with Crippen molar-refractivity contribution < 1.29 is 0 Å². The van der Waals surface area contributed by atoms with Crippen LogP contribution in [-0.4, -0.2) is 15.8 Å². The molecule has 2 atom stereocenters. The van der Waals surface area contributed by atoms with E-state index in [-0.39, 0.29) is 0 Å². The van der Waals surface area contributed by atoms with E-state index < -0.39 is 0 Å². The molecule has 1 rings (SSSR count). The molecule has 0 amide bonds. The summed E-state index contributed by atoms with van der Waals surface area (Å²) in [5.74, 6) is 0.695. The highest BCUT2D eigenvalue weighted by Gasteiger charge is 2.09. The molecule has 1 aromatic heterocycles. The molecule has 1 N–H and O–H groups in total. The van der Waals surface area contributed by atoms with Crippen LogP contribution in [0.4, 0.5) is 5.69 Å². The van der Waals surface area contributed by atoms with Crippen molar-refractivity contribution in [2.75, 3.05) is 5.32 Å². The Labute approximate surface area is 80.1 Å². The lowest BCUT2D eigenvalue weighted by Gasteiger charge is -2.19. The monoisotopic (exact) mass is 181 g/mol. The third kappa shape index (κ3) is 2.76. The van der Waals surface area contributed by atoms with Gasteiger partial charge >= 0.3 is 0 Å². The summed E-state index contributed by atoms with van der Waals surface area (Å²) in [7, 11) is 1.93. The van der Waals surface area contributed by atoms with Crippen molar-refractivity contribution in [3.05, 3.63) is 12.4 Å². The zero-order valence-electron chi connectivity index (χ0n) is 8.91. The van der Waals surface area contributed by atoms with Crippen LogP contribution in [-0.2, 0) is 7.05 Å². The largest absolute Gasteiger partial charge is 0.380 e. The maximum absolute atomic E-state index is 4.11. The molecule has 0 aliphatic carbocycles. The van der Waals surface area contributed by atoms with E-state index in [4.69, 9.17) is 0 Å². The molecule has 1 heterocycles. The highest BCUT2D eigenvalue weighted by molar-refractivity contribution is 5.39. The zero-order chi connectivity index (χ0) is 9.84. The lowest BCUT2D eigenvalue weighted by molar-refractivity contribution is 0.494. The van der Waals surface area contributed by atoms with Crippen LogP contribution in [0.15, 0.2) is 12.4 Å². The summed E-state index contributed by atoms with van der Waals surface area (Å²) >= 11 is 0. The Bertz CT molecular complexity index is 254. The highest BCUT2D eigenvalue weighted by Crippen LogP contribution is 2.13. The fourth-order valence-corrected chi connectivity index (χ4v) is 1.25. The van der Waals surface area contributed by atoms with Crippen LogP contribution >= 0.6 is 0 Å².